The van der Waals surface area contributed by atoms with Crippen LogP contribution in [0.2, 0.25) is 0 Å². The molecule has 1 aliphatic rings. The molecule has 0 radical (unpaired) electrons. The molecule has 20 heavy (non-hydrogen) atoms. The van der Waals surface area contributed by atoms with Crippen LogP contribution >= 0.6 is 0 Å². The predicted molar refractivity (Wildman–Crippen MR) is 84.8 cm³/mol. The van der Waals surface area contributed by atoms with Gasteiger partial charge < -0.3 is 9.74 Å². The molecule has 0 N–H and O–H groups in total. The Kier molecular flexibility index (Phi) is 5.36. The Morgan fingerprint density at radius 3 is 2.70 bits per heavy atom. The highest BCUT2D eigenvalue weighted by Crippen LogP contribution is 2.24. The maximum absolute atomic E-state index is 5.51. The van der Waals surface area contributed by atoms with Gasteiger partial charge in [-0.3, -0.25) is 0 Å². The third-order valence-electron chi connectivity index (χ3n) is 3.74. The summed E-state index contributed by atoms with van der Waals surface area (Å²) in [5, 5.41) is 4.34. The zero-order valence-corrected chi connectivity index (χ0v) is 12.7. The van der Waals surface area contributed by atoms with Gasteiger partial charge in [0.1, 0.15) is 6.61 Å². The van der Waals surface area contributed by atoms with Gasteiger partial charge in [0.15, 0.2) is 0 Å². The molecular formula is C17H24N2O. The van der Waals surface area contributed by atoms with Crippen LogP contribution in [0.5, 0.6) is 0 Å². The Hall–Kier alpha value is -1.61. The van der Waals surface area contributed by atoms with Gasteiger partial charge in [-0.25, -0.2) is 0 Å². The molecule has 0 saturated heterocycles. The first-order valence-electron chi connectivity index (χ1n) is 7.28. The van der Waals surface area contributed by atoms with Gasteiger partial charge >= 0.3 is 0 Å². The number of hydrogen-bond donors (Lipinski definition) is 0. The fourth-order valence-corrected chi connectivity index (χ4v) is 2.13. The van der Waals surface area contributed by atoms with Gasteiger partial charge in [-0.05, 0) is 57.5 Å². The lowest BCUT2D eigenvalue weighted by Gasteiger charge is -2.17. The highest BCUT2D eigenvalue weighted by molar-refractivity contribution is 6.05. The highest BCUT2D eigenvalue weighted by atomic mass is 16.6. The molecule has 0 aliphatic heterocycles. The highest BCUT2D eigenvalue weighted by Gasteiger charge is 2.16. The molecule has 108 valence electrons. The molecule has 1 fully saturated rings. The maximum Gasteiger partial charge on any atom is 0.132 e. The summed E-state index contributed by atoms with van der Waals surface area (Å²) < 4.78 is 0. The number of likely N-dealkylation sites (N-methyl/N-ethyl adjacent to an activating group) is 1. The van der Waals surface area contributed by atoms with Crippen molar-refractivity contribution in [3.63, 3.8) is 0 Å². The maximum atomic E-state index is 5.51. The van der Waals surface area contributed by atoms with E-state index in [1.807, 2.05) is 6.07 Å². The first kappa shape index (κ1) is 14.8. The van der Waals surface area contributed by atoms with Crippen LogP contribution in [-0.4, -0.2) is 37.4 Å². The second kappa shape index (κ2) is 7.25. The van der Waals surface area contributed by atoms with Gasteiger partial charge in [0.05, 0.1) is 5.71 Å². The van der Waals surface area contributed by atoms with Gasteiger partial charge in [-0.1, -0.05) is 35.5 Å². The molecular weight excluding hydrogens is 248 g/mol. The molecule has 1 atom stereocenters. The average Bonchev–Trinajstić information content (AvgIpc) is 2.87. The Bertz CT molecular complexity index is 477. The van der Waals surface area contributed by atoms with Crippen molar-refractivity contribution in [2.24, 2.45) is 5.16 Å². The van der Waals surface area contributed by atoms with E-state index in [1.165, 1.54) is 17.6 Å². The topological polar surface area (TPSA) is 24.8 Å². The minimum Gasteiger partial charge on any atom is -0.394 e. The molecule has 1 aromatic carbocycles. The van der Waals surface area contributed by atoms with Crippen LogP contribution in [0.25, 0.3) is 6.08 Å². The summed E-state index contributed by atoms with van der Waals surface area (Å²) in [5.74, 6) is 0. The summed E-state index contributed by atoms with van der Waals surface area (Å²) in [6.07, 6.45) is 5.52. The summed E-state index contributed by atoms with van der Waals surface area (Å²) in [6.45, 7) is 2.77. The van der Waals surface area contributed by atoms with Crippen molar-refractivity contribution in [2.45, 2.75) is 32.2 Å². The molecule has 1 aliphatic carbocycles. The fourth-order valence-electron chi connectivity index (χ4n) is 2.13. The monoisotopic (exact) mass is 272 g/mol. The minimum absolute atomic E-state index is 0.377. The summed E-state index contributed by atoms with van der Waals surface area (Å²) >= 11 is 0. The Morgan fingerprint density at radius 1 is 1.25 bits per heavy atom. The van der Waals surface area contributed by atoms with Gasteiger partial charge in [-0.2, -0.15) is 0 Å². The van der Waals surface area contributed by atoms with Crippen LogP contribution in [-0.2, 0) is 4.84 Å². The van der Waals surface area contributed by atoms with Crippen LogP contribution in [0.4, 0.5) is 0 Å². The minimum atomic E-state index is 0.377. The molecule has 3 heteroatoms. The second-order valence-electron chi connectivity index (χ2n) is 5.58. The van der Waals surface area contributed by atoms with Crippen molar-refractivity contribution >= 4 is 11.8 Å². The third-order valence-corrected chi connectivity index (χ3v) is 3.74. The largest absolute Gasteiger partial charge is 0.394 e. The number of rotatable bonds is 5. The molecule has 0 heterocycles. The quantitative estimate of drug-likeness (QED) is 0.765. The fraction of sp³-hybridized carbons (Fsp3) is 0.471. The zero-order chi connectivity index (χ0) is 14.4. The van der Waals surface area contributed by atoms with Gasteiger partial charge in [0.2, 0.25) is 0 Å². The third kappa shape index (κ3) is 4.20. The summed E-state index contributed by atoms with van der Waals surface area (Å²) in [4.78, 5) is 7.65. The number of benzene rings is 1. The molecule has 2 rings (SSSR count). The van der Waals surface area contributed by atoms with Gasteiger partial charge in [-0.15, -0.1) is 0 Å². The molecule has 1 unspecified atom stereocenters. The lowest BCUT2D eigenvalue weighted by atomic mass is 10.1. The van der Waals surface area contributed by atoms with E-state index in [0.717, 1.165) is 18.6 Å². The van der Waals surface area contributed by atoms with Crippen molar-refractivity contribution in [1.82, 2.24) is 4.90 Å². The van der Waals surface area contributed by atoms with E-state index in [9.17, 15) is 0 Å². The van der Waals surface area contributed by atoms with E-state index in [1.54, 1.807) is 0 Å². The summed E-state index contributed by atoms with van der Waals surface area (Å²) in [7, 11) is 4.11. The van der Waals surface area contributed by atoms with E-state index in [2.05, 4.69) is 61.4 Å². The van der Waals surface area contributed by atoms with Gasteiger partial charge in [0, 0.05) is 6.04 Å². The molecule has 1 aromatic rings. The molecule has 0 bridgehead atoms. The van der Waals surface area contributed by atoms with Gasteiger partial charge in [0.25, 0.3) is 0 Å². The van der Waals surface area contributed by atoms with Crippen molar-refractivity contribution < 1.29 is 4.84 Å². The Labute approximate surface area is 121 Å². The van der Waals surface area contributed by atoms with E-state index in [-0.39, 0.29) is 0 Å². The van der Waals surface area contributed by atoms with Crippen molar-refractivity contribution in [3.8, 4) is 0 Å². The van der Waals surface area contributed by atoms with E-state index in [0.29, 0.717) is 12.6 Å². The predicted octanol–water partition coefficient (Wildman–Crippen LogP) is 3.58. The number of nitrogens with zero attached hydrogens (tertiary/aromatic N) is 2. The summed E-state index contributed by atoms with van der Waals surface area (Å²) in [5.41, 5.74) is 3.66. The first-order chi connectivity index (χ1) is 9.66. The molecule has 3 nitrogen and oxygen atoms in total. The standard InChI is InChI=1S/C17H24N2O/c1-14(19(2)3)13-20-18-17-11-7-10-16(17)12-15-8-5-4-6-9-15/h4-6,8-9,12,14H,7,10-11,13H2,1-3H3. The average molecular weight is 272 g/mol. The summed E-state index contributed by atoms with van der Waals surface area (Å²) in [6, 6.07) is 10.8. The van der Waals surface area contributed by atoms with Crippen LogP contribution in [0.1, 0.15) is 31.7 Å². The SMILES string of the molecule is CC(CON=C1CCCC1=Cc1ccccc1)N(C)C. The second-order valence-corrected chi connectivity index (χ2v) is 5.58. The van der Waals surface area contributed by atoms with Crippen molar-refractivity contribution in [1.29, 1.82) is 0 Å². The number of hydrogen-bond acceptors (Lipinski definition) is 3. The van der Waals surface area contributed by atoms with Crippen LogP contribution in [0.15, 0.2) is 41.1 Å². The Morgan fingerprint density at radius 2 is 2.00 bits per heavy atom. The molecule has 0 spiro atoms. The lowest BCUT2D eigenvalue weighted by molar-refractivity contribution is 0.0918. The zero-order valence-electron chi connectivity index (χ0n) is 12.7. The van der Waals surface area contributed by atoms with Crippen LogP contribution in [0.3, 0.4) is 0 Å². The van der Waals surface area contributed by atoms with Crippen molar-refractivity contribution in [2.75, 3.05) is 20.7 Å². The smallest absolute Gasteiger partial charge is 0.132 e. The molecule has 0 amide bonds. The van der Waals surface area contributed by atoms with E-state index in [4.69, 9.17) is 4.84 Å². The molecule has 0 aromatic heterocycles. The van der Waals surface area contributed by atoms with Crippen LogP contribution < -0.4 is 0 Å². The van der Waals surface area contributed by atoms with E-state index >= 15 is 0 Å². The lowest BCUT2D eigenvalue weighted by Crippen LogP contribution is -2.28. The first-order valence-corrected chi connectivity index (χ1v) is 7.28. The van der Waals surface area contributed by atoms with E-state index < -0.39 is 0 Å². The number of allylic oxidation sites excluding steroid dienone is 1. The van der Waals surface area contributed by atoms with Crippen molar-refractivity contribution in [3.05, 3.63) is 41.5 Å². The number of oxime groups is 1. The molecule has 1 saturated carbocycles. The normalized spacial score (nSPS) is 20.8. The van der Waals surface area contributed by atoms with Crippen LogP contribution in [0, 0.1) is 0 Å². The Balaban J connectivity index is 1.99.